The summed E-state index contributed by atoms with van der Waals surface area (Å²) < 4.78 is 93.6. The van der Waals surface area contributed by atoms with Crippen molar-refractivity contribution < 1.29 is 50.2 Å². The molecule has 0 saturated carbocycles. The van der Waals surface area contributed by atoms with Gasteiger partial charge in [-0.25, -0.2) is 9.78 Å². The molecule has 0 radical (unpaired) electrons. The van der Waals surface area contributed by atoms with Crippen LogP contribution in [-0.2, 0) is 16.5 Å². The number of aliphatic hydroxyl groups is 1. The van der Waals surface area contributed by atoms with Crippen molar-refractivity contribution in [1.29, 1.82) is 0 Å². The lowest BCUT2D eigenvalue weighted by molar-refractivity contribution is -0.277. The Bertz CT molecular complexity index is 1210. The highest BCUT2D eigenvalue weighted by atomic mass is 19.4. The summed E-state index contributed by atoms with van der Waals surface area (Å²) >= 11 is 0. The molecule has 0 aromatic carbocycles. The third-order valence-electron chi connectivity index (χ3n) is 5.50. The number of rotatable bonds is 1. The van der Waals surface area contributed by atoms with Crippen LogP contribution < -0.4 is 5.32 Å². The van der Waals surface area contributed by atoms with Crippen molar-refractivity contribution in [3.05, 3.63) is 23.2 Å². The van der Waals surface area contributed by atoms with Crippen LogP contribution in [0.15, 0.2) is 10.5 Å². The number of hydrogen-bond donors (Lipinski definition) is 2. The highest BCUT2D eigenvalue weighted by Crippen LogP contribution is 2.44. The van der Waals surface area contributed by atoms with Gasteiger partial charge in [0.15, 0.2) is 5.69 Å². The minimum Gasteiger partial charge on any atom is -0.444 e. The van der Waals surface area contributed by atoms with E-state index in [9.17, 15) is 41.0 Å². The van der Waals surface area contributed by atoms with Gasteiger partial charge in [0, 0.05) is 13.6 Å². The minimum absolute atomic E-state index is 0.0978. The molecule has 3 heterocycles. The molecular formula is C22H25F6N5O5. The lowest BCUT2D eigenvalue weighted by Crippen LogP contribution is -2.42. The highest BCUT2D eigenvalue weighted by molar-refractivity contribution is 5.97. The highest BCUT2D eigenvalue weighted by Gasteiger charge is 2.58. The van der Waals surface area contributed by atoms with E-state index in [0.29, 0.717) is 6.07 Å². The smallest absolute Gasteiger partial charge is 0.426 e. The number of halogens is 6. The first-order valence-corrected chi connectivity index (χ1v) is 11.3. The number of carbonyl (C=O) groups excluding carboxylic acids is 2. The van der Waals surface area contributed by atoms with Crippen molar-refractivity contribution in [2.75, 3.05) is 18.9 Å². The first kappa shape index (κ1) is 29.1. The molecule has 0 spiro atoms. The lowest BCUT2D eigenvalue weighted by Gasteiger charge is -2.27. The molecule has 1 unspecified atom stereocenters. The van der Waals surface area contributed by atoms with Crippen LogP contribution in [0.25, 0.3) is 11.6 Å². The number of amides is 2. The van der Waals surface area contributed by atoms with E-state index >= 15 is 0 Å². The van der Waals surface area contributed by atoms with Gasteiger partial charge in [-0.2, -0.15) is 26.3 Å². The fourth-order valence-corrected chi connectivity index (χ4v) is 3.61. The molecule has 2 amide bonds. The first-order valence-electron chi connectivity index (χ1n) is 11.3. The molecule has 2 N–H and O–H groups in total. The van der Waals surface area contributed by atoms with E-state index in [4.69, 9.17) is 9.15 Å². The van der Waals surface area contributed by atoms with E-state index in [1.807, 2.05) is 5.32 Å². The molecule has 10 nitrogen and oxygen atoms in total. The van der Waals surface area contributed by atoms with Crippen molar-refractivity contribution >= 4 is 17.7 Å². The molecule has 0 fully saturated rings. The number of ether oxygens (including phenoxy) is 1. The zero-order valence-electron chi connectivity index (χ0n) is 20.7. The van der Waals surface area contributed by atoms with E-state index in [-0.39, 0.29) is 25.8 Å². The van der Waals surface area contributed by atoms with Gasteiger partial charge in [0.1, 0.15) is 11.3 Å². The second-order valence-corrected chi connectivity index (χ2v) is 9.71. The third-order valence-corrected chi connectivity index (χ3v) is 5.50. The van der Waals surface area contributed by atoms with Gasteiger partial charge in [-0.15, -0.1) is 10.2 Å². The van der Waals surface area contributed by atoms with E-state index in [1.54, 1.807) is 0 Å². The van der Waals surface area contributed by atoms with Gasteiger partial charge in [0.05, 0.1) is 11.3 Å². The third kappa shape index (κ3) is 6.16. The maximum Gasteiger partial charge on any atom is 0.426 e. The second kappa shape index (κ2) is 10.0. The number of nitrogens with zero attached hydrogens (tertiary/aromatic N) is 4. The summed E-state index contributed by atoms with van der Waals surface area (Å²) in [4.78, 5) is 30.0. The summed E-state index contributed by atoms with van der Waals surface area (Å²) in [5.41, 5.74) is -8.73. The van der Waals surface area contributed by atoms with Crippen LogP contribution in [-0.4, -0.2) is 62.6 Å². The fourth-order valence-electron chi connectivity index (χ4n) is 3.61. The molecule has 1 aliphatic rings. The normalized spacial score (nSPS) is 19.7. The zero-order valence-corrected chi connectivity index (χ0v) is 20.7. The van der Waals surface area contributed by atoms with Crippen molar-refractivity contribution in [3.8, 4) is 11.6 Å². The number of pyridine rings is 1. The Labute approximate surface area is 212 Å². The van der Waals surface area contributed by atoms with E-state index in [2.05, 4.69) is 15.2 Å². The van der Waals surface area contributed by atoms with Gasteiger partial charge in [-0.05, 0) is 46.1 Å². The Kier molecular flexibility index (Phi) is 7.69. The summed E-state index contributed by atoms with van der Waals surface area (Å²) in [6, 6.07) is 0.374. The van der Waals surface area contributed by atoms with Crippen molar-refractivity contribution in [3.63, 3.8) is 0 Å². The molecule has 1 aliphatic heterocycles. The summed E-state index contributed by atoms with van der Waals surface area (Å²) in [5, 5.41) is 19.2. The maximum absolute atomic E-state index is 14.0. The van der Waals surface area contributed by atoms with Crippen LogP contribution in [0.4, 0.5) is 36.8 Å². The monoisotopic (exact) mass is 553 g/mol. The van der Waals surface area contributed by atoms with Gasteiger partial charge in [0.2, 0.25) is 5.60 Å². The van der Waals surface area contributed by atoms with Crippen molar-refractivity contribution in [2.45, 2.75) is 70.0 Å². The molecule has 16 heteroatoms. The first-order chi connectivity index (χ1) is 17.3. The van der Waals surface area contributed by atoms with Crippen LogP contribution in [0.3, 0.4) is 0 Å². The summed E-state index contributed by atoms with van der Waals surface area (Å²) in [6.07, 6.45) is -12.4. The Balaban J connectivity index is 2.28. The number of alkyl halides is 6. The van der Waals surface area contributed by atoms with Crippen LogP contribution in [0.2, 0.25) is 0 Å². The predicted molar refractivity (Wildman–Crippen MR) is 118 cm³/mol. The molecule has 2 aromatic heterocycles. The number of nitrogens with one attached hydrogen (secondary N) is 1. The van der Waals surface area contributed by atoms with E-state index in [0.717, 1.165) is 4.90 Å². The summed E-state index contributed by atoms with van der Waals surface area (Å²) in [5.74, 6) is -3.28. The Morgan fingerprint density at radius 1 is 1.11 bits per heavy atom. The maximum atomic E-state index is 14.0. The van der Waals surface area contributed by atoms with Crippen LogP contribution in [0, 0.1) is 0 Å². The van der Waals surface area contributed by atoms with Crippen LogP contribution in [0.5, 0.6) is 0 Å². The van der Waals surface area contributed by atoms with Crippen molar-refractivity contribution in [1.82, 2.24) is 20.1 Å². The number of anilines is 1. The minimum atomic E-state index is -5.24. The standard InChI is InChI=1S/C22H25F6N5O5/c1-19(2,3)38-18(35)29-12-10-11(21(23,24)25)13-16(34)33(4)9-7-5-6-8-20(36,22(26,27)28)17-32-31-15(37-17)14(12)30-13/h10,36H,5-9H2,1-4H3,(H,29,35). The molecule has 3 rings (SSSR count). The summed E-state index contributed by atoms with van der Waals surface area (Å²) in [6.45, 7) is 4.35. The molecule has 38 heavy (non-hydrogen) atoms. The fraction of sp³-hybridized carbons (Fsp3) is 0.591. The van der Waals surface area contributed by atoms with Crippen LogP contribution >= 0.6 is 0 Å². The lowest BCUT2D eigenvalue weighted by atomic mass is 9.95. The van der Waals surface area contributed by atoms with Gasteiger partial charge in [-0.1, -0.05) is 6.42 Å². The SMILES string of the molecule is CN1CCCCCC(O)(C(F)(F)F)c2nnc(o2)-c2nc(c(C(F)(F)F)cc2NC(=O)OC(C)(C)C)C1=O. The van der Waals surface area contributed by atoms with Gasteiger partial charge in [-0.3, -0.25) is 10.1 Å². The average Bonchev–Trinajstić information content (AvgIpc) is 3.25. The van der Waals surface area contributed by atoms with E-state index in [1.165, 1.54) is 27.8 Å². The zero-order chi connectivity index (χ0) is 28.7. The predicted octanol–water partition coefficient (Wildman–Crippen LogP) is 4.89. The molecule has 1 atom stereocenters. The quantitative estimate of drug-likeness (QED) is 0.478. The Morgan fingerprint density at radius 3 is 2.34 bits per heavy atom. The number of carbonyl (C=O) groups is 2. The molecule has 0 aliphatic carbocycles. The molecule has 210 valence electrons. The Morgan fingerprint density at radius 2 is 1.76 bits per heavy atom. The Hall–Kier alpha value is -3.43. The number of aromatic nitrogens is 3. The number of fused-ring (bicyclic) bond motifs is 5. The molecule has 2 aromatic rings. The topological polar surface area (TPSA) is 131 Å². The number of hydrogen-bond acceptors (Lipinski definition) is 8. The largest absolute Gasteiger partial charge is 0.444 e. The summed E-state index contributed by atoms with van der Waals surface area (Å²) in [7, 11) is 1.21. The average molecular weight is 553 g/mol. The molecule has 4 bridgehead atoms. The van der Waals surface area contributed by atoms with E-state index < -0.39 is 76.4 Å². The van der Waals surface area contributed by atoms with Crippen molar-refractivity contribution in [2.24, 2.45) is 0 Å². The second-order valence-electron chi connectivity index (χ2n) is 9.71. The molecule has 0 saturated heterocycles. The van der Waals surface area contributed by atoms with Gasteiger partial charge < -0.3 is 19.2 Å². The van der Waals surface area contributed by atoms with Gasteiger partial charge in [0.25, 0.3) is 17.7 Å². The molecular weight excluding hydrogens is 528 g/mol. The van der Waals surface area contributed by atoms with Crippen LogP contribution in [0.1, 0.15) is 68.4 Å². The van der Waals surface area contributed by atoms with Gasteiger partial charge >= 0.3 is 18.4 Å².